The van der Waals surface area contributed by atoms with Crippen LogP contribution in [0.2, 0.25) is 0 Å². The summed E-state index contributed by atoms with van der Waals surface area (Å²) in [6.07, 6.45) is 0. The number of hydrogen-bond donors (Lipinski definition) is 2. The Hall–Kier alpha value is -3.58. The van der Waals surface area contributed by atoms with Crippen LogP contribution >= 0.6 is 0 Å². The van der Waals surface area contributed by atoms with Crippen molar-refractivity contribution >= 4 is 22.6 Å². The van der Waals surface area contributed by atoms with Gasteiger partial charge in [0.05, 0.1) is 6.54 Å². The fourth-order valence-electron chi connectivity index (χ4n) is 2.74. The quantitative estimate of drug-likeness (QED) is 0.550. The summed E-state index contributed by atoms with van der Waals surface area (Å²) in [6.45, 7) is 2.23. The second-order valence-corrected chi connectivity index (χ2v) is 6.11. The van der Waals surface area contributed by atoms with Crippen molar-refractivity contribution in [2.45, 2.75) is 13.5 Å². The van der Waals surface area contributed by atoms with Crippen molar-refractivity contribution in [3.8, 4) is 11.8 Å². The molecule has 3 aromatic carbocycles. The Labute approximate surface area is 158 Å². The van der Waals surface area contributed by atoms with Gasteiger partial charge in [-0.3, -0.25) is 4.79 Å². The maximum Gasteiger partial charge on any atom is 0.315 e. The molecule has 0 aliphatic carbocycles. The van der Waals surface area contributed by atoms with Crippen LogP contribution in [0.5, 0.6) is 0 Å². The molecule has 0 aliphatic heterocycles. The van der Waals surface area contributed by atoms with Crippen LogP contribution in [0.4, 0.5) is 4.79 Å². The maximum atomic E-state index is 12.0. The molecule has 0 saturated heterocycles. The van der Waals surface area contributed by atoms with Crippen molar-refractivity contribution in [2.24, 2.45) is 0 Å². The molecule has 2 amide bonds. The molecule has 0 atom stereocenters. The number of Topliss-reactive ketones (excluding diaryl/α,β-unsaturated/α-hetero) is 1. The van der Waals surface area contributed by atoms with Crippen molar-refractivity contribution in [3.05, 3.63) is 83.4 Å². The molecule has 0 fully saturated rings. The molecule has 0 unspecified atom stereocenters. The summed E-state index contributed by atoms with van der Waals surface area (Å²) in [7, 11) is 0. The van der Waals surface area contributed by atoms with E-state index in [1.165, 1.54) is 6.92 Å². The maximum absolute atomic E-state index is 12.0. The smallest absolute Gasteiger partial charge is 0.315 e. The number of hydrogen-bond acceptors (Lipinski definition) is 2. The van der Waals surface area contributed by atoms with Crippen molar-refractivity contribution in [3.63, 3.8) is 0 Å². The van der Waals surface area contributed by atoms with E-state index in [0.29, 0.717) is 12.1 Å². The van der Waals surface area contributed by atoms with Crippen LogP contribution < -0.4 is 10.6 Å². The molecule has 2 N–H and O–H groups in total. The molecule has 4 nitrogen and oxygen atoms in total. The number of carbonyl (C=O) groups is 2. The van der Waals surface area contributed by atoms with E-state index in [0.717, 1.165) is 21.9 Å². The fraction of sp³-hybridized carbons (Fsp3) is 0.130. The Morgan fingerprint density at radius 1 is 0.889 bits per heavy atom. The fourth-order valence-corrected chi connectivity index (χ4v) is 2.74. The number of fused-ring (bicyclic) bond motifs is 1. The minimum absolute atomic E-state index is 0.0269. The highest BCUT2D eigenvalue weighted by Gasteiger charge is 2.02. The second-order valence-electron chi connectivity index (χ2n) is 6.11. The average molecular weight is 356 g/mol. The Morgan fingerprint density at radius 2 is 1.63 bits per heavy atom. The topological polar surface area (TPSA) is 58.2 Å². The van der Waals surface area contributed by atoms with Gasteiger partial charge in [0.1, 0.15) is 0 Å². The largest absolute Gasteiger partial charge is 0.334 e. The third-order valence-corrected chi connectivity index (χ3v) is 4.18. The van der Waals surface area contributed by atoms with Gasteiger partial charge in [0.2, 0.25) is 0 Å². The first-order valence-corrected chi connectivity index (χ1v) is 8.72. The van der Waals surface area contributed by atoms with E-state index >= 15 is 0 Å². The summed E-state index contributed by atoms with van der Waals surface area (Å²) in [5.41, 5.74) is 2.53. The highest BCUT2D eigenvalue weighted by molar-refractivity contribution is 5.94. The molecule has 27 heavy (non-hydrogen) atoms. The number of urea groups is 1. The van der Waals surface area contributed by atoms with Gasteiger partial charge in [-0.25, -0.2) is 4.79 Å². The lowest BCUT2D eigenvalue weighted by molar-refractivity contribution is 0.101. The third-order valence-electron chi connectivity index (χ3n) is 4.18. The third kappa shape index (κ3) is 4.96. The van der Waals surface area contributed by atoms with Gasteiger partial charge in [0, 0.05) is 17.7 Å². The molecule has 134 valence electrons. The first-order chi connectivity index (χ1) is 13.1. The lowest BCUT2D eigenvalue weighted by Crippen LogP contribution is -2.35. The lowest BCUT2D eigenvalue weighted by Gasteiger charge is -2.08. The summed E-state index contributed by atoms with van der Waals surface area (Å²) < 4.78 is 0. The Morgan fingerprint density at radius 3 is 2.41 bits per heavy atom. The highest BCUT2D eigenvalue weighted by Crippen LogP contribution is 2.18. The zero-order valence-corrected chi connectivity index (χ0v) is 15.1. The number of carbonyl (C=O) groups excluding carboxylic acids is 2. The monoisotopic (exact) mass is 356 g/mol. The number of rotatable bonds is 4. The van der Waals surface area contributed by atoms with E-state index in [4.69, 9.17) is 0 Å². The van der Waals surface area contributed by atoms with Crippen LogP contribution in [0.1, 0.15) is 28.4 Å². The molecule has 0 radical (unpaired) electrons. The van der Waals surface area contributed by atoms with E-state index in [1.807, 2.05) is 30.3 Å². The Balaban J connectivity index is 1.49. The van der Waals surface area contributed by atoms with Gasteiger partial charge in [-0.1, -0.05) is 66.4 Å². The van der Waals surface area contributed by atoms with E-state index in [2.05, 4.69) is 34.6 Å². The molecule has 0 aromatic heterocycles. The number of benzene rings is 3. The van der Waals surface area contributed by atoms with E-state index in [-0.39, 0.29) is 18.4 Å². The van der Waals surface area contributed by atoms with Crippen molar-refractivity contribution < 1.29 is 9.59 Å². The summed E-state index contributed by atoms with van der Waals surface area (Å²) >= 11 is 0. The summed E-state index contributed by atoms with van der Waals surface area (Å²) in [5, 5.41) is 7.86. The predicted molar refractivity (Wildman–Crippen MR) is 108 cm³/mol. The van der Waals surface area contributed by atoms with Crippen molar-refractivity contribution in [1.82, 2.24) is 10.6 Å². The SMILES string of the molecule is CC(=O)c1ccc(C#CCNC(=O)NCc2cccc3ccccc23)cc1. The molecule has 0 bridgehead atoms. The average Bonchev–Trinajstić information content (AvgIpc) is 2.70. The Kier molecular flexibility index (Phi) is 5.86. The second kappa shape index (κ2) is 8.68. The van der Waals surface area contributed by atoms with Crippen LogP contribution in [-0.4, -0.2) is 18.4 Å². The van der Waals surface area contributed by atoms with Gasteiger partial charge in [-0.05, 0) is 35.4 Å². The van der Waals surface area contributed by atoms with E-state index < -0.39 is 0 Å². The Bertz CT molecular complexity index is 1020. The van der Waals surface area contributed by atoms with Gasteiger partial charge in [0.25, 0.3) is 0 Å². The molecule has 0 saturated carbocycles. The van der Waals surface area contributed by atoms with Crippen LogP contribution in [0, 0.1) is 11.8 Å². The molecule has 0 heterocycles. The van der Waals surface area contributed by atoms with Crippen molar-refractivity contribution in [1.29, 1.82) is 0 Å². The molecular weight excluding hydrogens is 336 g/mol. The minimum atomic E-state index is -0.260. The van der Waals surface area contributed by atoms with Gasteiger partial charge in [0.15, 0.2) is 5.78 Å². The highest BCUT2D eigenvalue weighted by atomic mass is 16.2. The summed E-state index contributed by atoms with van der Waals surface area (Å²) in [5.74, 6) is 5.89. The molecule has 3 aromatic rings. The van der Waals surface area contributed by atoms with E-state index in [1.54, 1.807) is 24.3 Å². The van der Waals surface area contributed by atoms with Crippen LogP contribution in [-0.2, 0) is 6.54 Å². The number of amides is 2. The van der Waals surface area contributed by atoms with Crippen molar-refractivity contribution in [2.75, 3.05) is 6.54 Å². The predicted octanol–water partition coefficient (Wildman–Crippen LogP) is 3.89. The standard InChI is InChI=1S/C23H20N2O2/c1-17(26)19-13-11-18(12-14-19)6-5-15-24-23(27)25-16-21-9-4-8-20-7-2-3-10-22(20)21/h2-4,7-14H,15-16H2,1H3,(H2,24,25,27). The molecule has 3 rings (SSSR count). The minimum Gasteiger partial charge on any atom is -0.334 e. The number of nitrogens with one attached hydrogen (secondary N) is 2. The van der Waals surface area contributed by atoms with Crippen LogP contribution in [0.25, 0.3) is 10.8 Å². The van der Waals surface area contributed by atoms with Gasteiger partial charge >= 0.3 is 6.03 Å². The van der Waals surface area contributed by atoms with Crippen LogP contribution in [0.3, 0.4) is 0 Å². The van der Waals surface area contributed by atoms with Crippen LogP contribution in [0.15, 0.2) is 66.7 Å². The van der Waals surface area contributed by atoms with E-state index in [9.17, 15) is 9.59 Å². The summed E-state index contributed by atoms with van der Waals surface area (Å²) in [6, 6.07) is 21.0. The zero-order valence-electron chi connectivity index (χ0n) is 15.1. The molecule has 0 spiro atoms. The molecule has 4 heteroatoms. The van der Waals surface area contributed by atoms with Gasteiger partial charge < -0.3 is 10.6 Å². The van der Waals surface area contributed by atoms with Gasteiger partial charge in [-0.15, -0.1) is 0 Å². The van der Waals surface area contributed by atoms with Gasteiger partial charge in [-0.2, -0.15) is 0 Å². The molecular formula is C23H20N2O2. The summed E-state index contributed by atoms with van der Waals surface area (Å²) in [4.78, 5) is 23.2. The zero-order chi connectivity index (χ0) is 19.1. The number of ketones is 1. The molecule has 0 aliphatic rings. The lowest BCUT2D eigenvalue weighted by atomic mass is 10.0. The first-order valence-electron chi connectivity index (χ1n) is 8.72. The normalized spacial score (nSPS) is 9.96. The first kappa shape index (κ1) is 18.2.